The Morgan fingerprint density at radius 1 is 0.320 bits per heavy atom. The summed E-state index contributed by atoms with van der Waals surface area (Å²) in [5.74, 6) is 0. The highest BCUT2D eigenvalue weighted by molar-refractivity contribution is 6.27. The van der Waals surface area contributed by atoms with Crippen LogP contribution < -0.4 is 0 Å². The van der Waals surface area contributed by atoms with Gasteiger partial charge in [0, 0.05) is 21.5 Å². The minimum absolute atomic E-state index is 0.244. The predicted octanol–water partition coefficient (Wildman–Crippen LogP) is 13.9. The Balaban J connectivity index is 1.35. The Kier molecular flexibility index (Phi) is 2.45. The number of para-hydroxylation sites is 1. The van der Waals surface area contributed by atoms with Crippen LogP contribution in [0.2, 0.25) is 0 Å². The van der Waals surface area contributed by atoms with E-state index in [1.807, 2.05) is 0 Å². The zero-order valence-electron chi connectivity index (χ0n) is 52.8. The van der Waals surface area contributed by atoms with Gasteiger partial charge in [-0.3, -0.25) is 0 Å². The smallest absolute Gasteiger partial charge is 0.136 e. The molecular weight excluding hydrogens is 609 g/mol. The third kappa shape index (κ3) is 3.90. The van der Waals surface area contributed by atoms with Gasteiger partial charge < -0.3 is 8.83 Å². The molecule has 0 amide bonds. The number of hydrogen-bond acceptors (Lipinski definition) is 2. The van der Waals surface area contributed by atoms with Crippen molar-refractivity contribution in [3.05, 3.63) is 169 Å². The molecule has 0 bridgehead atoms. The van der Waals surface area contributed by atoms with Gasteiger partial charge in [0.2, 0.25) is 0 Å². The van der Waals surface area contributed by atoms with Crippen molar-refractivity contribution in [2.45, 2.75) is 0 Å². The van der Waals surface area contributed by atoms with Crippen LogP contribution in [0.4, 0.5) is 0 Å². The van der Waals surface area contributed by atoms with E-state index in [0.717, 1.165) is 0 Å². The van der Waals surface area contributed by atoms with Gasteiger partial charge in [-0.05, 0) is 95.9 Å². The van der Waals surface area contributed by atoms with Gasteiger partial charge in [0.05, 0.1) is 38.4 Å². The van der Waals surface area contributed by atoms with Gasteiger partial charge in [-0.2, -0.15) is 0 Å². The third-order valence-electron chi connectivity index (χ3n) is 8.40. The van der Waals surface area contributed by atoms with Crippen molar-refractivity contribution in [1.82, 2.24) is 0 Å². The quantitative estimate of drug-likeness (QED) is 0.176. The molecule has 0 N–H and O–H groups in total. The molecule has 2 heterocycles. The lowest BCUT2D eigenvalue weighted by Crippen LogP contribution is -1.91. The molecule has 232 valence electrons. The molecule has 0 aliphatic carbocycles. The largest absolute Gasteiger partial charge is 0.456 e. The first kappa shape index (κ1) is 11.8. The number of benzene rings is 9. The molecule has 2 nitrogen and oxygen atoms in total. The fourth-order valence-corrected chi connectivity index (χ4v) is 6.31. The maximum absolute atomic E-state index is 9.81. The van der Waals surface area contributed by atoms with Crippen molar-refractivity contribution in [2.24, 2.45) is 0 Å². The topological polar surface area (TPSA) is 26.3 Å². The SMILES string of the molecule is [2H]c1c([2H])c(-c2c3c([2H])c([2H])c([2H])c([2H])c3c(-c3c([2H])c([2H])c4c(oc5c([2H])c([2H])c6oc7c([2H])c([2H])c([2H])c([2H])c7c6c54)c3[2H])c3c([2H])c([2H])c([2H])c([2H])c23)c([2H])c([2H])c1-c1c([2H])c([2H])c([2H])c2c([2H])c([2H])c([2H])c([2H])c12. The molecule has 0 saturated carbocycles. The van der Waals surface area contributed by atoms with Crippen LogP contribution in [0.15, 0.2) is 178 Å². The van der Waals surface area contributed by atoms with Crippen LogP contribution in [-0.4, -0.2) is 0 Å². The van der Waals surface area contributed by atoms with Gasteiger partial charge in [-0.25, -0.2) is 0 Å². The molecule has 2 aromatic heterocycles. The molecule has 9 aromatic carbocycles. The standard InChI is InChI=1S/C48H28O2/c1-2-12-33-29(10-1)11-9-18-34(33)30-20-22-31(23-21-30)45-35-13-3-5-15-37(35)46(38-16-6-4-14-36(38)45)32-24-25-40-44(28-32)50-43-27-26-42-47(48(40)43)39-17-7-8-19-41(39)49-42/h1-28H/i1D,2D,3D,4D,5D,6D,7D,8D,9D,10D,11D,12D,13D,14D,15D,16D,17D,18D,19D,20D,21D,22D,23D,24D,25D,26D,27D,28D. The second kappa shape index (κ2) is 10.4. The van der Waals surface area contributed by atoms with Crippen molar-refractivity contribution < 1.29 is 47.2 Å². The van der Waals surface area contributed by atoms with E-state index in [-0.39, 0.29) is 16.2 Å². The molecule has 0 radical (unpaired) electrons. The Labute approximate surface area is 326 Å². The third-order valence-corrected chi connectivity index (χ3v) is 8.40. The highest BCUT2D eigenvalue weighted by Crippen LogP contribution is 2.46. The first-order chi connectivity index (χ1) is 36.5. The van der Waals surface area contributed by atoms with Crippen LogP contribution in [0.3, 0.4) is 0 Å². The van der Waals surface area contributed by atoms with Crippen molar-refractivity contribution in [1.29, 1.82) is 0 Å². The molecular formula is C48H28O2. The lowest BCUT2D eigenvalue weighted by atomic mass is 9.85. The average Bonchev–Trinajstić information content (AvgIpc) is 4.17. The fourth-order valence-electron chi connectivity index (χ4n) is 6.31. The van der Waals surface area contributed by atoms with E-state index < -0.39 is 263 Å². The summed E-state index contributed by atoms with van der Waals surface area (Å²) < 4.78 is 264. The van der Waals surface area contributed by atoms with Crippen LogP contribution in [0.1, 0.15) is 38.4 Å². The first-order valence-corrected chi connectivity index (χ1v) is 14.8. The first-order valence-electron chi connectivity index (χ1n) is 28.8. The summed E-state index contributed by atoms with van der Waals surface area (Å²) in [4.78, 5) is 0. The van der Waals surface area contributed by atoms with Crippen LogP contribution in [-0.2, 0) is 0 Å². The Morgan fingerprint density at radius 3 is 1.48 bits per heavy atom. The van der Waals surface area contributed by atoms with E-state index in [9.17, 15) is 15.1 Å². The van der Waals surface area contributed by atoms with Crippen LogP contribution in [0, 0.1) is 0 Å². The molecule has 2 heteroatoms. The fraction of sp³-hybridized carbons (Fsp3) is 0. The number of rotatable bonds is 3. The van der Waals surface area contributed by atoms with Crippen LogP contribution >= 0.6 is 0 Å². The predicted molar refractivity (Wildman–Crippen MR) is 210 cm³/mol. The van der Waals surface area contributed by atoms with Crippen molar-refractivity contribution >= 4 is 76.2 Å². The summed E-state index contributed by atoms with van der Waals surface area (Å²) in [7, 11) is 0. The zero-order chi connectivity index (χ0) is 57.1. The van der Waals surface area contributed by atoms with Crippen LogP contribution in [0.25, 0.3) is 110 Å². The molecule has 0 aliphatic heterocycles. The highest BCUT2D eigenvalue weighted by Gasteiger charge is 2.20. The van der Waals surface area contributed by atoms with Crippen molar-refractivity contribution in [3.63, 3.8) is 0 Å². The Hall–Kier alpha value is -6.64. The summed E-state index contributed by atoms with van der Waals surface area (Å²) in [5.41, 5.74) is -6.67. The van der Waals surface area contributed by atoms with Crippen molar-refractivity contribution in [3.8, 4) is 33.4 Å². The molecule has 0 atom stereocenters. The molecule has 11 aromatic rings. The van der Waals surface area contributed by atoms with E-state index in [4.69, 9.17) is 32.1 Å². The number of fused-ring (bicyclic) bond motifs is 10. The molecule has 11 rings (SSSR count). The van der Waals surface area contributed by atoms with Gasteiger partial charge >= 0.3 is 0 Å². The van der Waals surface area contributed by atoms with E-state index in [1.165, 1.54) is 0 Å². The minimum atomic E-state index is -1.10. The minimum Gasteiger partial charge on any atom is -0.456 e. The lowest BCUT2D eigenvalue weighted by molar-refractivity contribution is 0.663. The Morgan fingerprint density at radius 2 is 0.800 bits per heavy atom. The van der Waals surface area contributed by atoms with E-state index in [1.54, 1.807) is 0 Å². The molecule has 50 heavy (non-hydrogen) atoms. The molecule has 0 aliphatic rings. The average molecular weight is 665 g/mol. The van der Waals surface area contributed by atoms with Crippen LogP contribution in [0.5, 0.6) is 0 Å². The second-order valence-electron chi connectivity index (χ2n) is 11.0. The van der Waals surface area contributed by atoms with E-state index in [2.05, 4.69) is 0 Å². The summed E-state index contributed by atoms with van der Waals surface area (Å²) in [6, 6.07) is -25.2. The van der Waals surface area contributed by atoms with E-state index in [0.29, 0.717) is 0 Å². The number of furan rings is 2. The Bertz CT molecular complexity index is 4650. The highest BCUT2D eigenvalue weighted by atomic mass is 16.3. The van der Waals surface area contributed by atoms with Gasteiger partial charge in [-0.15, -0.1) is 0 Å². The van der Waals surface area contributed by atoms with Gasteiger partial charge in [0.15, 0.2) is 0 Å². The monoisotopic (exact) mass is 664 g/mol. The van der Waals surface area contributed by atoms with Gasteiger partial charge in [0.25, 0.3) is 0 Å². The normalized spacial score (nSPS) is 19.8. The molecule has 0 saturated heterocycles. The maximum Gasteiger partial charge on any atom is 0.136 e. The lowest BCUT2D eigenvalue weighted by Gasteiger charge is -2.18. The number of hydrogen-bond donors (Lipinski definition) is 0. The molecule has 0 spiro atoms. The summed E-state index contributed by atoms with van der Waals surface area (Å²) >= 11 is 0. The maximum atomic E-state index is 9.81. The molecule has 0 fully saturated rings. The zero-order valence-corrected chi connectivity index (χ0v) is 24.8. The molecule has 0 unspecified atom stereocenters. The van der Waals surface area contributed by atoms with E-state index >= 15 is 0 Å². The summed E-state index contributed by atoms with van der Waals surface area (Å²) in [6.07, 6.45) is 0. The second-order valence-corrected chi connectivity index (χ2v) is 11.0. The van der Waals surface area contributed by atoms with Crippen molar-refractivity contribution in [2.75, 3.05) is 0 Å². The van der Waals surface area contributed by atoms with Gasteiger partial charge in [-0.1, -0.05) is 139 Å². The summed E-state index contributed by atoms with van der Waals surface area (Å²) in [5, 5.41) is -5.42. The van der Waals surface area contributed by atoms with Gasteiger partial charge in [0.1, 0.15) is 22.3 Å². The summed E-state index contributed by atoms with van der Waals surface area (Å²) in [6.45, 7) is 0.